The Hall–Kier alpha value is -6.79. The average molecular weight is 686 g/mol. The summed E-state index contributed by atoms with van der Waals surface area (Å²) < 4.78 is 6.41. The monoisotopic (exact) mass is 685 g/mol. The Morgan fingerprint density at radius 2 is 1.30 bits per heavy atom. The highest BCUT2D eigenvalue weighted by molar-refractivity contribution is 6.18. The summed E-state index contributed by atoms with van der Waals surface area (Å²) in [5, 5.41) is 10.5. The topological polar surface area (TPSA) is 70.9 Å². The van der Waals surface area contributed by atoms with Crippen molar-refractivity contribution in [3.8, 4) is 28.1 Å². The molecule has 53 heavy (non-hydrogen) atoms. The van der Waals surface area contributed by atoms with Gasteiger partial charge in [-0.3, -0.25) is 0 Å². The highest BCUT2D eigenvalue weighted by atomic mass is 16.5. The number of nitrogens with zero attached hydrogens (tertiary/aromatic N) is 3. The maximum absolute atomic E-state index is 6.41. The maximum atomic E-state index is 6.41. The number of aliphatic imine (C=N–C) groups is 2. The SMILES string of the molecule is C1=CCC(C2=NC(c3ccc(-c4ccc(-c5nc6ccccc6c6c7c(ccc56)OC(c5ccccc5)N7)cc4)cc3)N=C(c3ccccc3)N2)C=C1. The molecule has 0 spiro atoms. The molecular formula is C47H35N5O. The Morgan fingerprint density at radius 1 is 0.585 bits per heavy atom. The van der Waals surface area contributed by atoms with Gasteiger partial charge in [0.2, 0.25) is 0 Å². The Morgan fingerprint density at radius 3 is 2.08 bits per heavy atom. The van der Waals surface area contributed by atoms with Crippen molar-refractivity contribution in [2.45, 2.75) is 18.8 Å². The van der Waals surface area contributed by atoms with Gasteiger partial charge in [0.1, 0.15) is 17.4 Å². The van der Waals surface area contributed by atoms with Crippen LogP contribution in [0.2, 0.25) is 0 Å². The summed E-state index contributed by atoms with van der Waals surface area (Å²) >= 11 is 0. The molecule has 0 bridgehead atoms. The molecule has 0 saturated carbocycles. The van der Waals surface area contributed by atoms with Gasteiger partial charge in [-0.25, -0.2) is 15.0 Å². The molecule has 3 atom stereocenters. The lowest BCUT2D eigenvalue weighted by Crippen LogP contribution is -2.39. The lowest BCUT2D eigenvalue weighted by atomic mass is 9.96. The van der Waals surface area contributed by atoms with Gasteiger partial charge in [0.15, 0.2) is 12.4 Å². The van der Waals surface area contributed by atoms with E-state index in [1.54, 1.807) is 0 Å². The zero-order valence-electron chi connectivity index (χ0n) is 28.9. The number of hydrogen-bond acceptors (Lipinski definition) is 6. The van der Waals surface area contributed by atoms with Crippen LogP contribution >= 0.6 is 0 Å². The van der Waals surface area contributed by atoms with Crippen molar-refractivity contribution in [2.24, 2.45) is 15.9 Å². The first-order valence-corrected chi connectivity index (χ1v) is 18.1. The number of hydrogen-bond donors (Lipinski definition) is 2. The molecule has 0 saturated heterocycles. The molecule has 6 heteroatoms. The van der Waals surface area contributed by atoms with Crippen LogP contribution < -0.4 is 15.4 Å². The fourth-order valence-electron chi connectivity index (χ4n) is 7.55. The number of fused-ring (bicyclic) bond motifs is 5. The number of allylic oxidation sites excluding steroid dienone is 3. The molecule has 254 valence electrons. The van der Waals surface area contributed by atoms with Gasteiger partial charge < -0.3 is 15.4 Å². The lowest BCUT2D eigenvalue weighted by molar-refractivity contribution is 0.260. The van der Waals surface area contributed by atoms with Gasteiger partial charge in [-0.1, -0.05) is 152 Å². The van der Waals surface area contributed by atoms with Crippen molar-refractivity contribution >= 4 is 39.0 Å². The first-order chi connectivity index (χ1) is 26.2. The predicted molar refractivity (Wildman–Crippen MR) is 216 cm³/mol. The smallest absolute Gasteiger partial charge is 0.196 e. The van der Waals surface area contributed by atoms with Gasteiger partial charge in [-0.15, -0.1) is 0 Å². The van der Waals surface area contributed by atoms with Crippen molar-refractivity contribution in [2.75, 3.05) is 5.32 Å². The van der Waals surface area contributed by atoms with Gasteiger partial charge in [0, 0.05) is 38.8 Å². The minimum absolute atomic E-state index is 0.195. The van der Waals surface area contributed by atoms with Crippen LogP contribution in [0.3, 0.4) is 0 Å². The number of amidine groups is 2. The third-order valence-electron chi connectivity index (χ3n) is 10.3. The summed E-state index contributed by atoms with van der Waals surface area (Å²) in [5.74, 6) is 2.84. The fraction of sp³-hybridized carbons (Fsp3) is 0.0851. The number of ether oxygens (including phenoxy) is 1. The van der Waals surface area contributed by atoms with Crippen LogP contribution in [-0.2, 0) is 0 Å². The zero-order valence-corrected chi connectivity index (χ0v) is 28.9. The summed E-state index contributed by atoms with van der Waals surface area (Å²) in [7, 11) is 0. The quantitative estimate of drug-likeness (QED) is 0.171. The summed E-state index contributed by atoms with van der Waals surface area (Å²) in [4.78, 5) is 15.4. The van der Waals surface area contributed by atoms with E-state index in [-0.39, 0.29) is 18.3 Å². The molecule has 1 aromatic heterocycles. The normalized spacial score (nSPS) is 18.8. The fourth-order valence-corrected chi connectivity index (χ4v) is 7.55. The second-order valence-electron chi connectivity index (χ2n) is 13.6. The van der Waals surface area contributed by atoms with E-state index in [2.05, 4.69) is 138 Å². The number of nitrogens with one attached hydrogen (secondary N) is 2. The molecular weight excluding hydrogens is 651 g/mol. The third-order valence-corrected chi connectivity index (χ3v) is 10.3. The van der Waals surface area contributed by atoms with Crippen molar-refractivity contribution in [3.63, 3.8) is 0 Å². The molecule has 1 aliphatic carbocycles. The minimum atomic E-state index is -0.325. The lowest BCUT2D eigenvalue weighted by Gasteiger charge is -2.26. The Bertz CT molecular complexity index is 2610. The Kier molecular flexibility index (Phi) is 7.64. The van der Waals surface area contributed by atoms with Crippen LogP contribution in [0, 0.1) is 5.92 Å². The van der Waals surface area contributed by atoms with E-state index < -0.39 is 0 Å². The number of para-hydroxylation sites is 1. The summed E-state index contributed by atoms with van der Waals surface area (Å²) in [6, 6.07) is 50.5. The molecule has 3 heterocycles. The molecule has 10 rings (SSSR count). The van der Waals surface area contributed by atoms with Crippen LogP contribution in [0.4, 0.5) is 5.69 Å². The number of pyridine rings is 1. The van der Waals surface area contributed by atoms with Gasteiger partial charge in [0.25, 0.3) is 0 Å². The molecule has 6 nitrogen and oxygen atoms in total. The number of benzene rings is 6. The molecule has 2 N–H and O–H groups in total. The molecule has 3 aliphatic rings. The largest absolute Gasteiger partial charge is 0.464 e. The standard InChI is InChI=1S/C47H35N5O/c1-4-12-33(13-5-1)44-50-45(34-14-6-2-7-15-34)52-46(51-44)35-26-22-31(23-27-35)30-20-24-32(25-21-30)42-38-28-29-40-43(41(38)37-18-10-11-19-39(37)48-42)49-47(53-40)36-16-8-3-9-17-36/h1-14,16-29,34,46-47,49H,15H2,(H,50,51,52). The van der Waals surface area contributed by atoms with E-state index in [0.29, 0.717) is 0 Å². The molecule has 6 aromatic carbocycles. The van der Waals surface area contributed by atoms with Crippen molar-refractivity contribution in [1.82, 2.24) is 10.3 Å². The number of anilines is 1. The second-order valence-corrected chi connectivity index (χ2v) is 13.6. The number of rotatable bonds is 6. The van der Waals surface area contributed by atoms with Crippen molar-refractivity contribution in [1.29, 1.82) is 0 Å². The zero-order chi connectivity index (χ0) is 35.1. The maximum Gasteiger partial charge on any atom is 0.196 e. The van der Waals surface area contributed by atoms with E-state index in [4.69, 9.17) is 19.7 Å². The summed E-state index contributed by atoms with van der Waals surface area (Å²) in [6.07, 6.45) is 8.93. The van der Waals surface area contributed by atoms with Gasteiger partial charge in [-0.05, 0) is 41.3 Å². The van der Waals surface area contributed by atoms with Gasteiger partial charge in [0.05, 0.1) is 16.9 Å². The Labute approximate surface area is 307 Å². The second kappa shape index (κ2) is 13.1. The predicted octanol–water partition coefficient (Wildman–Crippen LogP) is 10.8. The highest BCUT2D eigenvalue weighted by Crippen LogP contribution is 2.47. The molecule has 2 aliphatic heterocycles. The Balaban J connectivity index is 0.967. The van der Waals surface area contributed by atoms with E-state index in [0.717, 1.165) is 90.3 Å². The molecule has 0 radical (unpaired) electrons. The van der Waals surface area contributed by atoms with Crippen molar-refractivity contribution in [3.05, 3.63) is 187 Å². The summed E-state index contributed by atoms with van der Waals surface area (Å²) in [5.41, 5.74) is 9.43. The van der Waals surface area contributed by atoms with E-state index in [1.807, 2.05) is 42.5 Å². The number of aromatic nitrogens is 1. The van der Waals surface area contributed by atoms with E-state index in [1.165, 1.54) is 0 Å². The van der Waals surface area contributed by atoms with Crippen LogP contribution in [0.1, 0.15) is 35.5 Å². The van der Waals surface area contributed by atoms with E-state index >= 15 is 0 Å². The first-order valence-electron chi connectivity index (χ1n) is 18.1. The minimum Gasteiger partial charge on any atom is -0.464 e. The van der Waals surface area contributed by atoms with E-state index in [9.17, 15) is 0 Å². The van der Waals surface area contributed by atoms with Crippen LogP contribution in [-0.4, -0.2) is 16.7 Å². The van der Waals surface area contributed by atoms with Gasteiger partial charge >= 0.3 is 0 Å². The van der Waals surface area contributed by atoms with Crippen LogP contribution in [0.25, 0.3) is 44.1 Å². The first kappa shape index (κ1) is 31.0. The van der Waals surface area contributed by atoms with Crippen molar-refractivity contribution < 1.29 is 4.74 Å². The van der Waals surface area contributed by atoms with Gasteiger partial charge in [-0.2, -0.15) is 0 Å². The third kappa shape index (κ3) is 5.75. The molecule has 3 unspecified atom stereocenters. The highest BCUT2D eigenvalue weighted by Gasteiger charge is 2.28. The molecule has 0 fully saturated rings. The van der Waals surface area contributed by atoms with Crippen LogP contribution in [0.15, 0.2) is 180 Å². The van der Waals surface area contributed by atoms with Crippen LogP contribution in [0.5, 0.6) is 5.75 Å². The molecule has 7 aromatic rings. The average Bonchev–Trinajstić information content (AvgIpc) is 3.69. The summed E-state index contributed by atoms with van der Waals surface area (Å²) in [6.45, 7) is 0. The molecule has 0 amide bonds.